The van der Waals surface area contributed by atoms with Crippen LogP contribution in [-0.4, -0.2) is 38.2 Å². The number of sulfonamides is 1. The number of benzene rings is 2. The van der Waals surface area contributed by atoms with Crippen molar-refractivity contribution >= 4 is 27.5 Å². The molecule has 0 spiro atoms. The molecule has 0 aliphatic carbocycles. The Kier molecular flexibility index (Phi) is 6.11. The van der Waals surface area contributed by atoms with Gasteiger partial charge < -0.3 is 10.2 Å². The normalized spacial score (nSPS) is 17.2. The van der Waals surface area contributed by atoms with Crippen LogP contribution in [0.25, 0.3) is 0 Å². The van der Waals surface area contributed by atoms with Crippen LogP contribution in [0.2, 0.25) is 0 Å². The van der Waals surface area contributed by atoms with E-state index < -0.39 is 10.0 Å². The van der Waals surface area contributed by atoms with E-state index in [4.69, 9.17) is 5.14 Å². The van der Waals surface area contributed by atoms with Crippen molar-refractivity contribution in [3.63, 3.8) is 0 Å². The van der Waals surface area contributed by atoms with Crippen molar-refractivity contribution in [2.45, 2.75) is 24.2 Å². The van der Waals surface area contributed by atoms with Gasteiger partial charge in [-0.25, -0.2) is 13.6 Å². The third-order valence-corrected chi connectivity index (χ3v) is 5.72. The highest BCUT2D eigenvalue weighted by atomic mass is 32.2. The molecule has 0 radical (unpaired) electrons. The third-order valence-electron chi connectivity index (χ3n) is 4.79. The number of primary sulfonamides is 1. The van der Waals surface area contributed by atoms with E-state index in [0.717, 1.165) is 18.5 Å². The van der Waals surface area contributed by atoms with Crippen LogP contribution >= 0.6 is 0 Å². The fourth-order valence-corrected chi connectivity index (χ4v) is 3.78. The lowest BCUT2D eigenvalue weighted by atomic mass is 9.96. The summed E-state index contributed by atoms with van der Waals surface area (Å²) in [6, 6.07) is 15.2. The summed E-state index contributed by atoms with van der Waals surface area (Å²) in [5, 5.41) is 7.98. The smallest absolute Gasteiger partial charge is 0.238 e. The molecule has 1 unspecified atom stereocenters. The largest absolute Gasteiger partial charge is 0.342 e. The predicted octanol–water partition coefficient (Wildman–Crippen LogP) is 1.75. The van der Waals surface area contributed by atoms with E-state index in [2.05, 4.69) is 5.32 Å². The first-order valence-corrected chi connectivity index (χ1v) is 10.6. The summed E-state index contributed by atoms with van der Waals surface area (Å²) < 4.78 is 22.6. The number of amides is 2. The van der Waals surface area contributed by atoms with Crippen molar-refractivity contribution in [1.29, 1.82) is 0 Å². The topological polar surface area (TPSA) is 110 Å². The molecule has 1 saturated heterocycles. The van der Waals surface area contributed by atoms with Gasteiger partial charge in [-0.15, -0.1) is 0 Å². The molecule has 8 heteroatoms. The molecule has 0 saturated carbocycles. The summed E-state index contributed by atoms with van der Waals surface area (Å²) in [5.74, 6) is -0.413. The van der Waals surface area contributed by atoms with Crippen LogP contribution in [0, 0.1) is 5.92 Å². The summed E-state index contributed by atoms with van der Waals surface area (Å²) in [6.07, 6.45) is 1.66. The highest BCUT2D eigenvalue weighted by Gasteiger charge is 2.28. The van der Waals surface area contributed by atoms with Gasteiger partial charge >= 0.3 is 0 Å². The van der Waals surface area contributed by atoms with Gasteiger partial charge in [0.1, 0.15) is 0 Å². The Morgan fingerprint density at radius 1 is 1.07 bits per heavy atom. The average Bonchev–Trinajstić information content (AvgIpc) is 2.68. The number of anilines is 1. The molecule has 0 aromatic heterocycles. The van der Waals surface area contributed by atoms with Crippen molar-refractivity contribution < 1.29 is 18.0 Å². The van der Waals surface area contributed by atoms with Crippen molar-refractivity contribution in [1.82, 2.24) is 4.90 Å². The maximum atomic E-state index is 12.6. The Balaban J connectivity index is 1.59. The summed E-state index contributed by atoms with van der Waals surface area (Å²) in [5.41, 5.74) is 1.44. The van der Waals surface area contributed by atoms with Gasteiger partial charge in [0.15, 0.2) is 0 Å². The number of likely N-dealkylation sites (tertiary alicyclic amines) is 1. The summed E-state index contributed by atoms with van der Waals surface area (Å²) in [6.45, 7) is 0.996. The Bertz CT molecular complexity index is 943. The molecule has 1 atom stereocenters. The fourth-order valence-electron chi connectivity index (χ4n) is 3.27. The molecule has 148 valence electrons. The molecule has 1 aliphatic rings. The number of nitrogens with one attached hydrogen (secondary N) is 1. The highest BCUT2D eigenvalue weighted by Crippen LogP contribution is 2.20. The second-order valence-corrected chi connectivity index (χ2v) is 8.46. The van der Waals surface area contributed by atoms with Crippen LogP contribution in [0.4, 0.5) is 5.69 Å². The van der Waals surface area contributed by atoms with E-state index in [1.165, 1.54) is 12.1 Å². The molecule has 2 aromatic rings. The second-order valence-electron chi connectivity index (χ2n) is 6.90. The van der Waals surface area contributed by atoms with Gasteiger partial charge in [-0.3, -0.25) is 9.59 Å². The summed E-state index contributed by atoms with van der Waals surface area (Å²) in [7, 11) is -3.75. The van der Waals surface area contributed by atoms with Gasteiger partial charge in [-0.2, -0.15) is 0 Å². The monoisotopic (exact) mass is 401 g/mol. The lowest BCUT2D eigenvalue weighted by molar-refractivity contribution is -0.133. The first-order valence-electron chi connectivity index (χ1n) is 9.08. The maximum absolute atomic E-state index is 12.6. The van der Waals surface area contributed by atoms with Gasteiger partial charge in [0.25, 0.3) is 0 Å². The number of carbonyl (C=O) groups excluding carboxylic acids is 2. The first-order chi connectivity index (χ1) is 13.3. The molecular formula is C20H23N3O4S. The average molecular weight is 401 g/mol. The Hall–Kier alpha value is -2.71. The van der Waals surface area contributed by atoms with Gasteiger partial charge in [-0.05, 0) is 42.7 Å². The quantitative estimate of drug-likeness (QED) is 0.795. The van der Waals surface area contributed by atoms with E-state index in [1.54, 1.807) is 17.0 Å². The molecule has 2 amide bonds. The van der Waals surface area contributed by atoms with Crippen molar-refractivity contribution in [2.75, 3.05) is 18.4 Å². The van der Waals surface area contributed by atoms with E-state index >= 15 is 0 Å². The van der Waals surface area contributed by atoms with Crippen LogP contribution in [0.3, 0.4) is 0 Å². The molecule has 1 heterocycles. The number of carbonyl (C=O) groups is 2. The zero-order valence-corrected chi connectivity index (χ0v) is 16.2. The van der Waals surface area contributed by atoms with Crippen LogP contribution < -0.4 is 10.5 Å². The Morgan fingerprint density at radius 3 is 2.39 bits per heavy atom. The molecule has 7 nitrogen and oxygen atoms in total. The van der Waals surface area contributed by atoms with Gasteiger partial charge in [0.05, 0.1) is 17.2 Å². The van der Waals surface area contributed by atoms with Gasteiger partial charge in [-0.1, -0.05) is 30.3 Å². The number of rotatable bonds is 5. The molecule has 0 bridgehead atoms. The number of para-hydroxylation sites is 1. The molecule has 28 heavy (non-hydrogen) atoms. The SMILES string of the molecule is NS(=O)(=O)c1ccc(CC(=O)N2CCCC(C(=O)Nc3ccccc3)C2)cc1. The van der Waals surface area contributed by atoms with E-state index in [1.807, 2.05) is 30.3 Å². The van der Waals surface area contributed by atoms with Crippen LogP contribution in [0.5, 0.6) is 0 Å². The number of nitrogens with two attached hydrogens (primary N) is 1. The summed E-state index contributed by atoms with van der Waals surface area (Å²) in [4.78, 5) is 26.8. The minimum absolute atomic E-state index is 0.0133. The van der Waals surface area contributed by atoms with E-state index in [0.29, 0.717) is 18.7 Å². The van der Waals surface area contributed by atoms with Crippen molar-refractivity contribution in [2.24, 2.45) is 11.1 Å². The minimum Gasteiger partial charge on any atom is -0.342 e. The van der Waals surface area contributed by atoms with E-state index in [-0.39, 0.29) is 29.0 Å². The number of piperidine rings is 1. The van der Waals surface area contributed by atoms with Crippen molar-refractivity contribution in [3.05, 3.63) is 60.2 Å². The molecular weight excluding hydrogens is 378 g/mol. The second kappa shape index (κ2) is 8.53. The lowest BCUT2D eigenvalue weighted by Gasteiger charge is -2.32. The van der Waals surface area contributed by atoms with Crippen LogP contribution in [0.15, 0.2) is 59.5 Å². The Labute approximate surface area is 164 Å². The molecule has 1 fully saturated rings. The zero-order chi connectivity index (χ0) is 20.1. The zero-order valence-electron chi connectivity index (χ0n) is 15.4. The number of nitrogens with zero attached hydrogens (tertiary/aromatic N) is 1. The highest BCUT2D eigenvalue weighted by molar-refractivity contribution is 7.89. The number of hydrogen-bond acceptors (Lipinski definition) is 4. The van der Waals surface area contributed by atoms with Crippen LogP contribution in [0.1, 0.15) is 18.4 Å². The van der Waals surface area contributed by atoms with Crippen LogP contribution in [-0.2, 0) is 26.0 Å². The van der Waals surface area contributed by atoms with Crippen molar-refractivity contribution in [3.8, 4) is 0 Å². The van der Waals surface area contributed by atoms with E-state index in [9.17, 15) is 18.0 Å². The lowest BCUT2D eigenvalue weighted by Crippen LogP contribution is -2.44. The number of hydrogen-bond donors (Lipinski definition) is 2. The van der Waals surface area contributed by atoms with Gasteiger partial charge in [0.2, 0.25) is 21.8 Å². The molecule has 2 aromatic carbocycles. The molecule has 3 N–H and O–H groups in total. The maximum Gasteiger partial charge on any atom is 0.238 e. The Morgan fingerprint density at radius 2 is 1.75 bits per heavy atom. The summed E-state index contributed by atoms with van der Waals surface area (Å²) >= 11 is 0. The first kappa shape index (κ1) is 20.0. The molecule has 3 rings (SSSR count). The molecule has 1 aliphatic heterocycles. The minimum atomic E-state index is -3.75. The standard InChI is InChI=1S/C20H23N3O4S/c21-28(26,27)18-10-8-15(9-11-18)13-19(24)23-12-4-5-16(14-23)20(25)22-17-6-2-1-3-7-17/h1-3,6-11,16H,4-5,12-14H2,(H,22,25)(H2,21,26,27). The van der Waals surface area contributed by atoms with Gasteiger partial charge in [0, 0.05) is 18.8 Å². The third kappa shape index (κ3) is 5.17. The fraction of sp³-hybridized carbons (Fsp3) is 0.300. The predicted molar refractivity (Wildman–Crippen MR) is 106 cm³/mol.